The van der Waals surface area contributed by atoms with Crippen LogP contribution in [0.15, 0.2) is 41.5 Å². The third-order valence-corrected chi connectivity index (χ3v) is 4.25. The molecule has 4 rings (SSSR count). The van der Waals surface area contributed by atoms with E-state index in [1.807, 2.05) is 30.3 Å². The van der Waals surface area contributed by atoms with Crippen molar-refractivity contribution < 1.29 is 9.47 Å². The summed E-state index contributed by atoms with van der Waals surface area (Å²) in [4.78, 5) is 17.1. The first-order valence-corrected chi connectivity index (χ1v) is 8.41. The van der Waals surface area contributed by atoms with Gasteiger partial charge in [0.1, 0.15) is 6.33 Å². The van der Waals surface area contributed by atoms with Crippen molar-refractivity contribution in [1.29, 1.82) is 0 Å². The monoisotopic (exact) mass is 366 g/mol. The minimum atomic E-state index is -0.281. The van der Waals surface area contributed by atoms with Gasteiger partial charge in [-0.1, -0.05) is 30.3 Å². The van der Waals surface area contributed by atoms with Gasteiger partial charge in [0, 0.05) is 14.2 Å². The normalized spacial score (nSPS) is 11.5. The van der Waals surface area contributed by atoms with Gasteiger partial charge in [-0.25, -0.2) is 4.98 Å². The molecule has 0 spiro atoms. The van der Waals surface area contributed by atoms with Crippen LogP contribution in [-0.4, -0.2) is 50.2 Å². The van der Waals surface area contributed by atoms with Crippen molar-refractivity contribution in [2.45, 2.75) is 13.2 Å². The number of rotatable bonds is 6. The zero-order valence-electron chi connectivity index (χ0n) is 15.0. The van der Waals surface area contributed by atoms with Gasteiger partial charge < -0.3 is 9.47 Å². The van der Waals surface area contributed by atoms with Crippen molar-refractivity contribution in [2.24, 2.45) is 0 Å². The Morgan fingerprint density at radius 3 is 2.59 bits per heavy atom. The Morgan fingerprint density at radius 2 is 1.85 bits per heavy atom. The Balaban J connectivity index is 1.98. The van der Waals surface area contributed by atoms with Gasteiger partial charge in [0.05, 0.1) is 31.0 Å². The lowest BCUT2D eigenvalue weighted by Gasteiger charge is -2.05. The molecule has 27 heavy (non-hydrogen) atoms. The summed E-state index contributed by atoms with van der Waals surface area (Å²) < 4.78 is 13.3. The van der Waals surface area contributed by atoms with Gasteiger partial charge in [-0.3, -0.25) is 9.36 Å². The fraction of sp³-hybridized carbons (Fsp3) is 0.278. The maximum Gasteiger partial charge on any atom is 0.283 e. The van der Waals surface area contributed by atoms with Crippen molar-refractivity contribution in [1.82, 2.24) is 29.4 Å². The van der Waals surface area contributed by atoms with Crippen LogP contribution in [0, 0.1) is 0 Å². The number of fused-ring (bicyclic) bond motifs is 3. The summed E-state index contributed by atoms with van der Waals surface area (Å²) in [5.41, 5.74) is 3.24. The Bertz CT molecular complexity index is 1150. The number of aromatic nitrogens is 6. The molecule has 0 aliphatic heterocycles. The third kappa shape index (κ3) is 2.96. The molecule has 0 unspecified atom stereocenters. The molecule has 0 aliphatic carbocycles. The molecule has 0 saturated heterocycles. The smallest absolute Gasteiger partial charge is 0.283 e. The number of hydrogen-bond donors (Lipinski definition) is 0. The second-order valence-corrected chi connectivity index (χ2v) is 5.96. The average Bonchev–Trinajstić information content (AvgIpc) is 3.07. The Labute approximate surface area is 154 Å². The molecule has 9 nitrogen and oxygen atoms in total. The lowest BCUT2D eigenvalue weighted by atomic mass is 10.1. The van der Waals surface area contributed by atoms with Crippen LogP contribution < -0.4 is 5.56 Å². The quantitative estimate of drug-likeness (QED) is 0.507. The van der Waals surface area contributed by atoms with Crippen molar-refractivity contribution in [3.05, 3.63) is 52.7 Å². The second-order valence-electron chi connectivity index (χ2n) is 5.96. The van der Waals surface area contributed by atoms with Gasteiger partial charge in [0.2, 0.25) is 0 Å². The molecule has 3 heterocycles. The van der Waals surface area contributed by atoms with E-state index in [1.165, 1.54) is 10.9 Å². The molecule has 1 aromatic carbocycles. The fourth-order valence-electron chi connectivity index (χ4n) is 2.99. The van der Waals surface area contributed by atoms with Crippen LogP contribution in [0.4, 0.5) is 0 Å². The van der Waals surface area contributed by atoms with E-state index in [0.717, 1.165) is 11.1 Å². The van der Waals surface area contributed by atoms with Crippen molar-refractivity contribution >= 4 is 16.8 Å². The Hall–Kier alpha value is -3.17. The van der Waals surface area contributed by atoms with E-state index in [1.54, 1.807) is 18.7 Å². The van der Waals surface area contributed by atoms with E-state index >= 15 is 0 Å². The fourth-order valence-corrected chi connectivity index (χ4v) is 2.99. The molecular weight excluding hydrogens is 348 g/mol. The molecule has 0 amide bonds. The minimum absolute atomic E-state index is 0.159. The molecular formula is C18H18N6O3. The van der Waals surface area contributed by atoms with E-state index < -0.39 is 0 Å². The zero-order valence-corrected chi connectivity index (χ0v) is 15.0. The second kappa shape index (κ2) is 7.22. The summed E-state index contributed by atoms with van der Waals surface area (Å²) in [7, 11) is 3.18. The van der Waals surface area contributed by atoms with Crippen LogP contribution in [-0.2, 0) is 22.6 Å². The molecule has 0 fully saturated rings. The van der Waals surface area contributed by atoms with Gasteiger partial charge in [-0.2, -0.15) is 9.61 Å². The van der Waals surface area contributed by atoms with E-state index in [-0.39, 0.29) is 11.1 Å². The number of nitrogens with zero attached hydrogens (tertiary/aromatic N) is 6. The molecule has 0 bridgehead atoms. The summed E-state index contributed by atoms with van der Waals surface area (Å²) in [6.07, 6.45) is 1.48. The molecule has 0 radical (unpaired) electrons. The van der Waals surface area contributed by atoms with Crippen LogP contribution in [0.2, 0.25) is 0 Å². The highest BCUT2D eigenvalue weighted by Gasteiger charge is 2.20. The first kappa shape index (κ1) is 17.3. The molecule has 0 N–H and O–H groups in total. The number of methoxy groups -OCH3 is 2. The summed E-state index contributed by atoms with van der Waals surface area (Å²) in [6.45, 7) is 1.10. The van der Waals surface area contributed by atoms with E-state index in [0.29, 0.717) is 36.7 Å². The van der Waals surface area contributed by atoms with Crippen LogP contribution in [0.25, 0.3) is 27.9 Å². The molecule has 0 saturated carbocycles. The lowest BCUT2D eigenvalue weighted by molar-refractivity contribution is 0.181. The van der Waals surface area contributed by atoms with Crippen LogP contribution in [0.1, 0.15) is 5.69 Å². The Kier molecular flexibility index (Phi) is 4.61. The highest BCUT2D eigenvalue weighted by atomic mass is 16.5. The van der Waals surface area contributed by atoms with Gasteiger partial charge >= 0.3 is 0 Å². The van der Waals surface area contributed by atoms with Crippen molar-refractivity contribution in [3.63, 3.8) is 0 Å². The van der Waals surface area contributed by atoms with Crippen LogP contribution in [0.5, 0.6) is 0 Å². The van der Waals surface area contributed by atoms with Crippen molar-refractivity contribution in [2.75, 3.05) is 20.8 Å². The van der Waals surface area contributed by atoms with E-state index in [4.69, 9.17) is 9.47 Å². The number of ether oxygens (including phenoxy) is 2. The maximum atomic E-state index is 12.7. The van der Waals surface area contributed by atoms with Gasteiger partial charge in [-0.15, -0.1) is 10.2 Å². The maximum absolute atomic E-state index is 12.7. The van der Waals surface area contributed by atoms with Crippen LogP contribution >= 0.6 is 0 Å². The standard InChI is InChI=1S/C18H18N6O3/c1-26-9-8-23-11-19-17-15(18(23)25)20-21-16-14(12-6-4-3-5-7-12)13(10-27-2)22-24(16)17/h3-7,11H,8-10H2,1-2H3. The summed E-state index contributed by atoms with van der Waals surface area (Å²) in [6, 6.07) is 9.76. The van der Waals surface area contributed by atoms with Crippen LogP contribution in [0.3, 0.4) is 0 Å². The summed E-state index contributed by atoms with van der Waals surface area (Å²) in [5.74, 6) is 0. The van der Waals surface area contributed by atoms with Gasteiger partial charge in [0.25, 0.3) is 5.56 Å². The molecule has 4 aromatic rings. The number of benzene rings is 1. The lowest BCUT2D eigenvalue weighted by Crippen LogP contribution is -2.24. The first-order valence-electron chi connectivity index (χ1n) is 8.41. The molecule has 3 aromatic heterocycles. The SMILES string of the molecule is COCCn1cnc2c(nnc3c(-c4ccccc4)c(COC)nn32)c1=O. The van der Waals surface area contributed by atoms with E-state index in [9.17, 15) is 4.79 Å². The zero-order chi connectivity index (χ0) is 18.8. The summed E-state index contributed by atoms with van der Waals surface area (Å²) in [5, 5.41) is 13.0. The summed E-state index contributed by atoms with van der Waals surface area (Å²) >= 11 is 0. The first-order chi connectivity index (χ1) is 13.2. The minimum Gasteiger partial charge on any atom is -0.383 e. The topological polar surface area (TPSA) is 96.4 Å². The van der Waals surface area contributed by atoms with Crippen molar-refractivity contribution in [3.8, 4) is 11.1 Å². The predicted octanol–water partition coefficient (Wildman–Crippen LogP) is 1.29. The van der Waals surface area contributed by atoms with Gasteiger partial charge in [0.15, 0.2) is 16.8 Å². The van der Waals surface area contributed by atoms with E-state index in [2.05, 4.69) is 20.3 Å². The molecule has 9 heteroatoms. The largest absolute Gasteiger partial charge is 0.383 e. The van der Waals surface area contributed by atoms with Gasteiger partial charge in [-0.05, 0) is 5.56 Å². The third-order valence-electron chi connectivity index (χ3n) is 4.25. The molecule has 0 atom stereocenters. The molecule has 0 aliphatic rings. The average molecular weight is 366 g/mol. The highest BCUT2D eigenvalue weighted by Crippen LogP contribution is 2.28. The highest BCUT2D eigenvalue weighted by molar-refractivity contribution is 5.83. The molecule has 138 valence electrons. The number of hydrogen-bond acceptors (Lipinski definition) is 7. The predicted molar refractivity (Wildman–Crippen MR) is 98.4 cm³/mol. The Morgan fingerprint density at radius 1 is 1.04 bits per heavy atom.